The summed E-state index contributed by atoms with van der Waals surface area (Å²) in [6.45, 7) is 0.331. The summed E-state index contributed by atoms with van der Waals surface area (Å²) in [6, 6.07) is -1.35. The van der Waals surface area contributed by atoms with E-state index in [0.717, 1.165) is 15.7 Å². The molecule has 1 saturated heterocycles. The van der Waals surface area contributed by atoms with Crippen LogP contribution in [0, 0.1) is 17.5 Å². The number of amides is 2. The average Bonchev–Trinajstić information content (AvgIpc) is 2.83. The van der Waals surface area contributed by atoms with Crippen molar-refractivity contribution in [3.63, 3.8) is 0 Å². The third kappa shape index (κ3) is 3.72. The summed E-state index contributed by atoms with van der Waals surface area (Å²) < 4.78 is 70.5. The molecule has 2 aliphatic rings. The minimum atomic E-state index is -3.19. The molecule has 2 unspecified atom stereocenters. The fraction of sp³-hybridized carbons (Fsp3) is 0.381. The van der Waals surface area contributed by atoms with Gasteiger partial charge in [0.15, 0.2) is 11.4 Å². The minimum Gasteiger partial charge on any atom is -0.503 e. The van der Waals surface area contributed by atoms with E-state index in [1.54, 1.807) is 0 Å². The number of carbonyl (C=O) groups excluding carboxylic acids is 2. The van der Waals surface area contributed by atoms with Crippen LogP contribution in [0.4, 0.5) is 22.0 Å². The SMILES string of the molecule is CC1N2CC(CCC1(F)F)n1cc(C(=O)NCc3c(F)cc(F)cc3F)c(=O)c(O)c1C2=O. The second kappa shape index (κ2) is 7.85. The lowest BCUT2D eigenvalue weighted by molar-refractivity contribution is -0.0640. The highest BCUT2D eigenvalue weighted by Crippen LogP contribution is 2.40. The molecule has 2 amide bonds. The molecule has 3 heterocycles. The highest BCUT2D eigenvalue weighted by molar-refractivity contribution is 5.99. The van der Waals surface area contributed by atoms with E-state index in [1.165, 1.54) is 6.92 Å². The van der Waals surface area contributed by atoms with Crippen molar-refractivity contribution < 1.29 is 36.6 Å². The maximum absolute atomic E-state index is 14.4. The Morgan fingerprint density at radius 1 is 1.21 bits per heavy atom. The van der Waals surface area contributed by atoms with Crippen LogP contribution in [0.25, 0.3) is 0 Å². The van der Waals surface area contributed by atoms with E-state index >= 15 is 0 Å². The second-order valence-corrected chi connectivity index (χ2v) is 8.09. The number of pyridine rings is 1. The largest absolute Gasteiger partial charge is 0.503 e. The number of aromatic hydroxyl groups is 1. The van der Waals surface area contributed by atoms with Crippen molar-refractivity contribution in [1.29, 1.82) is 0 Å². The van der Waals surface area contributed by atoms with Crippen LogP contribution in [0.2, 0.25) is 0 Å². The lowest BCUT2D eigenvalue weighted by atomic mass is 10.0. The number of halogens is 5. The van der Waals surface area contributed by atoms with E-state index in [4.69, 9.17) is 0 Å². The highest BCUT2D eigenvalue weighted by atomic mass is 19.3. The van der Waals surface area contributed by atoms with Gasteiger partial charge in [-0.2, -0.15) is 0 Å². The third-order valence-corrected chi connectivity index (χ3v) is 6.14. The number of nitrogens with one attached hydrogen (secondary N) is 1. The lowest BCUT2D eigenvalue weighted by Gasteiger charge is -2.38. The zero-order valence-corrected chi connectivity index (χ0v) is 17.2. The quantitative estimate of drug-likeness (QED) is 0.674. The second-order valence-electron chi connectivity index (χ2n) is 8.09. The Balaban J connectivity index is 1.69. The van der Waals surface area contributed by atoms with Crippen LogP contribution < -0.4 is 10.7 Å². The number of nitrogens with zero attached hydrogens (tertiary/aromatic N) is 2. The predicted octanol–water partition coefficient (Wildman–Crippen LogP) is 2.72. The molecular formula is C21H18F5N3O4. The summed E-state index contributed by atoms with van der Waals surface area (Å²) in [7, 11) is 0. The van der Waals surface area contributed by atoms with Crippen LogP contribution in [0.3, 0.4) is 0 Å². The van der Waals surface area contributed by atoms with E-state index in [2.05, 4.69) is 5.32 Å². The summed E-state index contributed by atoms with van der Waals surface area (Å²) in [4.78, 5) is 38.9. The summed E-state index contributed by atoms with van der Waals surface area (Å²) in [5, 5.41) is 12.5. The number of alkyl halides is 2. The summed E-state index contributed by atoms with van der Waals surface area (Å²) in [5.74, 6) is -10.0. The molecule has 0 radical (unpaired) electrons. The Kier molecular flexibility index (Phi) is 5.41. The van der Waals surface area contributed by atoms with E-state index in [1.807, 2.05) is 0 Å². The molecule has 7 nitrogen and oxygen atoms in total. The molecular weight excluding hydrogens is 453 g/mol. The molecule has 12 heteroatoms. The molecule has 33 heavy (non-hydrogen) atoms. The van der Waals surface area contributed by atoms with Crippen molar-refractivity contribution in [1.82, 2.24) is 14.8 Å². The van der Waals surface area contributed by atoms with Crippen molar-refractivity contribution >= 4 is 11.8 Å². The standard InChI is InChI=1S/C21H18F5N3O4/c1-9-21(25,26)3-2-11-7-28(9)20(33)16-18(31)17(30)13(8-29(11)16)19(32)27-6-12-14(23)4-10(22)5-15(12)24/h4-5,8-9,11,31H,2-3,6-7H2,1H3,(H,27,32). The Bertz CT molecular complexity index is 1210. The van der Waals surface area contributed by atoms with E-state index < -0.39 is 88.2 Å². The molecule has 0 spiro atoms. The molecule has 176 valence electrons. The molecule has 2 aliphatic heterocycles. The molecule has 2 N–H and O–H groups in total. The van der Waals surface area contributed by atoms with Gasteiger partial charge in [0.25, 0.3) is 17.7 Å². The predicted molar refractivity (Wildman–Crippen MR) is 104 cm³/mol. The first kappa shape index (κ1) is 22.7. The molecule has 1 aromatic heterocycles. The third-order valence-electron chi connectivity index (χ3n) is 6.14. The maximum atomic E-state index is 14.4. The maximum Gasteiger partial charge on any atom is 0.275 e. The van der Waals surface area contributed by atoms with Crippen LogP contribution in [0.15, 0.2) is 23.1 Å². The Morgan fingerprint density at radius 3 is 2.48 bits per heavy atom. The summed E-state index contributed by atoms with van der Waals surface area (Å²) in [5.41, 5.74) is -3.05. The lowest BCUT2D eigenvalue weighted by Crippen LogP contribution is -2.52. The Morgan fingerprint density at radius 2 is 1.85 bits per heavy atom. The van der Waals surface area contributed by atoms with Gasteiger partial charge in [-0.25, -0.2) is 22.0 Å². The van der Waals surface area contributed by atoms with E-state index in [-0.39, 0.29) is 13.0 Å². The number of hydrogen-bond acceptors (Lipinski definition) is 4. The van der Waals surface area contributed by atoms with Crippen LogP contribution in [0.1, 0.15) is 52.2 Å². The van der Waals surface area contributed by atoms with Gasteiger partial charge >= 0.3 is 0 Å². The van der Waals surface area contributed by atoms with Gasteiger partial charge in [-0.05, 0) is 13.3 Å². The first-order chi connectivity index (χ1) is 15.4. The zero-order valence-electron chi connectivity index (χ0n) is 17.2. The molecule has 0 saturated carbocycles. The van der Waals surface area contributed by atoms with Crippen LogP contribution in [-0.2, 0) is 6.54 Å². The Labute approximate surface area is 183 Å². The first-order valence-corrected chi connectivity index (χ1v) is 10.0. The zero-order chi connectivity index (χ0) is 24.2. The van der Waals surface area contributed by atoms with Gasteiger partial charge in [0.2, 0.25) is 5.43 Å². The molecule has 0 aliphatic carbocycles. The van der Waals surface area contributed by atoms with Gasteiger partial charge in [0.1, 0.15) is 23.0 Å². The van der Waals surface area contributed by atoms with Gasteiger partial charge in [0, 0.05) is 43.4 Å². The molecule has 2 aromatic rings. The number of rotatable bonds is 3. The van der Waals surface area contributed by atoms with Crippen molar-refractivity contribution in [2.75, 3.05) is 6.54 Å². The fourth-order valence-electron chi connectivity index (χ4n) is 4.18. The van der Waals surface area contributed by atoms with Gasteiger partial charge in [-0.15, -0.1) is 0 Å². The normalized spacial score (nSPS) is 21.4. The van der Waals surface area contributed by atoms with Gasteiger partial charge in [0.05, 0.1) is 12.1 Å². The minimum absolute atomic E-state index is 0.0938. The van der Waals surface area contributed by atoms with Crippen LogP contribution >= 0.6 is 0 Å². The van der Waals surface area contributed by atoms with Crippen LogP contribution in [0.5, 0.6) is 5.75 Å². The molecule has 2 atom stereocenters. The van der Waals surface area contributed by atoms with Crippen LogP contribution in [-0.4, -0.2) is 44.9 Å². The van der Waals surface area contributed by atoms with Gasteiger partial charge in [-0.3, -0.25) is 14.4 Å². The topological polar surface area (TPSA) is 91.6 Å². The monoisotopic (exact) mass is 471 g/mol. The molecule has 4 rings (SSSR count). The smallest absolute Gasteiger partial charge is 0.275 e. The molecule has 2 bridgehead atoms. The first-order valence-electron chi connectivity index (χ1n) is 10.0. The number of benzene rings is 1. The van der Waals surface area contributed by atoms with Crippen molar-refractivity contribution in [2.45, 2.75) is 44.3 Å². The van der Waals surface area contributed by atoms with Crippen molar-refractivity contribution in [3.8, 4) is 5.75 Å². The van der Waals surface area contributed by atoms with E-state index in [9.17, 15) is 41.4 Å². The van der Waals surface area contributed by atoms with Crippen molar-refractivity contribution in [3.05, 3.63) is 62.8 Å². The fourth-order valence-corrected chi connectivity index (χ4v) is 4.18. The average molecular weight is 471 g/mol. The van der Waals surface area contributed by atoms with Gasteiger partial charge in [-0.1, -0.05) is 0 Å². The number of carbonyl (C=O) groups is 2. The molecule has 1 fully saturated rings. The summed E-state index contributed by atoms with van der Waals surface area (Å²) >= 11 is 0. The summed E-state index contributed by atoms with van der Waals surface area (Å²) in [6.07, 6.45) is 0.321. The number of hydrogen-bond donors (Lipinski definition) is 2. The number of fused-ring (bicyclic) bond motifs is 4. The molecule has 1 aromatic carbocycles. The van der Waals surface area contributed by atoms with Crippen molar-refractivity contribution in [2.24, 2.45) is 0 Å². The van der Waals surface area contributed by atoms with E-state index in [0.29, 0.717) is 12.1 Å². The Hall–Kier alpha value is -3.44. The van der Waals surface area contributed by atoms with Gasteiger partial charge < -0.3 is 19.9 Å². The highest BCUT2D eigenvalue weighted by Gasteiger charge is 2.49. The number of aromatic nitrogens is 1.